The Labute approximate surface area is 148 Å². The molecular formula is C20H25N3O2. The summed E-state index contributed by atoms with van der Waals surface area (Å²) in [4.78, 5) is 22.7. The van der Waals surface area contributed by atoms with Crippen LogP contribution in [0.1, 0.15) is 42.7 Å². The molecule has 1 aliphatic rings. The number of carboxylic acids is 1. The number of aromatic nitrogens is 2. The lowest BCUT2D eigenvalue weighted by molar-refractivity contribution is 0.0697. The lowest BCUT2D eigenvalue weighted by Crippen LogP contribution is -2.40. The summed E-state index contributed by atoms with van der Waals surface area (Å²) in [6.07, 6.45) is 6.80. The molecule has 1 fully saturated rings. The van der Waals surface area contributed by atoms with Crippen molar-refractivity contribution in [1.82, 2.24) is 14.9 Å². The second kappa shape index (κ2) is 7.74. The molecule has 25 heavy (non-hydrogen) atoms. The van der Waals surface area contributed by atoms with E-state index < -0.39 is 5.97 Å². The van der Waals surface area contributed by atoms with Crippen LogP contribution in [0.3, 0.4) is 0 Å². The van der Waals surface area contributed by atoms with Gasteiger partial charge in [0, 0.05) is 30.5 Å². The average molecular weight is 339 g/mol. The van der Waals surface area contributed by atoms with Crippen molar-refractivity contribution in [3.8, 4) is 11.3 Å². The van der Waals surface area contributed by atoms with E-state index in [9.17, 15) is 4.79 Å². The van der Waals surface area contributed by atoms with Crippen molar-refractivity contribution in [3.05, 3.63) is 47.9 Å². The first kappa shape index (κ1) is 17.5. The van der Waals surface area contributed by atoms with Gasteiger partial charge in [-0.2, -0.15) is 0 Å². The fraction of sp³-hybridized carbons (Fsp3) is 0.450. The van der Waals surface area contributed by atoms with Gasteiger partial charge in [0.05, 0.1) is 17.0 Å². The summed E-state index contributed by atoms with van der Waals surface area (Å²) in [6.45, 7) is 6.78. The number of carbonyl (C=O) groups is 1. The highest BCUT2D eigenvalue weighted by molar-refractivity contribution is 5.88. The number of carboxylic acid groups (broad SMARTS) is 1. The molecule has 0 saturated carbocycles. The number of hydrogen-bond acceptors (Lipinski definition) is 4. The molecule has 0 amide bonds. The van der Waals surface area contributed by atoms with Gasteiger partial charge >= 0.3 is 5.97 Å². The molecule has 2 heterocycles. The van der Waals surface area contributed by atoms with Crippen LogP contribution in [-0.2, 0) is 6.42 Å². The summed E-state index contributed by atoms with van der Waals surface area (Å²) < 4.78 is 0. The normalized spacial score (nSPS) is 18.4. The van der Waals surface area contributed by atoms with Crippen LogP contribution in [0.25, 0.3) is 11.3 Å². The van der Waals surface area contributed by atoms with Crippen LogP contribution in [0.4, 0.5) is 0 Å². The maximum absolute atomic E-state index is 11.0. The van der Waals surface area contributed by atoms with Crippen LogP contribution in [0.15, 0.2) is 36.7 Å². The van der Waals surface area contributed by atoms with E-state index in [1.165, 1.54) is 19.4 Å². The number of aromatic carboxylic acids is 1. The van der Waals surface area contributed by atoms with Crippen molar-refractivity contribution < 1.29 is 9.90 Å². The van der Waals surface area contributed by atoms with Gasteiger partial charge in [-0.3, -0.25) is 9.97 Å². The lowest BCUT2D eigenvalue weighted by atomic mass is 9.91. The van der Waals surface area contributed by atoms with E-state index >= 15 is 0 Å². The Morgan fingerprint density at radius 1 is 1.24 bits per heavy atom. The molecular weight excluding hydrogens is 314 g/mol. The van der Waals surface area contributed by atoms with Crippen molar-refractivity contribution in [2.75, 3.05) is 13.1 Å². The first-order chi connectivity index (χ1) is 12.0. The second-order valence-electron chi connectivity index (χ2n) is 7.04. The monoisotopic (exact) mass is 339 g/mol. The van der Waals surface area contributed by atoms with Crippen molar-refractivity contribution >= 4 is 5.97 Å². The fourth-order valence-electron chi connectivity index (χ4n) is 3.53. The molecule has 2 aromatic rings. The Hall–Kier alpha value is -2.27. The molecule has 0 spiro atoms. The van der Waals surface area contributed by atoms with Gasteiger partial charge in [-0.25, -0.2) is 4.79 Å². The highest BCUT2D eigenvalue weighted by atomic mass is 16.4. The maximum atomic E-state index is 11.0. The van der Waals surface area contributed by atoms with Gasteiger partial charge in [0.1, 0.15) is 0 Å². The summed E-state index contributed by atoms with van der Waals surface area (Å²) in [5.41, 5.74) is 3.07. The Morgan fingerprint density at radius 2 is 1.96 bits per heavy atom. The molecule has 0 unspecified atom stereocenters. The predicted molar refractivity (Wildman–Crippen MR) is 97.6 cm³/mol. The summed E-state index contributed by atoms with van der Waals surface area (Å²) in [6, 6.07) is 7.46. The van der Waals surface area contributed by atoms with Crippen LogP contribution in [0.5, 0.6) is 0 Å². The van der Waals surface area contributed by atoms with Gasteiger partial charge in [0.2, 0.25) is 0 Å². The number of hydrogen-bond donors (Lipinski definition) is 1. The third-order valence-corrected chi connectivity index (χ3v) is 4.94. The fourth-order valence-corrected chi connectivity index (χ4v) is 3.53. The van der Waals surface area contributed by atoms with E-state index in [2.05, 4.69) is 28.7 Å². The summed E-state index contributed by atoms with van der Waals surface area (Å²) >= 11 is 0. The second-order valence-corrected chi connectivity index (χ2v) is 7.04. The molecule has 5 heteroatoms. The average Bonchev–Trinajstić information content (AvgIpc) is 2.62. The smallest absolute Gasteiger partial charge is 0.335 e. The molecule has 132 valence electrons. The minimum absolute atomic E-state index is 0.286. The zero-order chi connectivity index (χ0) is 17.8. The molecule has 0 aliphatic carbocycles. The molecule has 1 atom stereocenters. The number of likely N-dealkylation sites (tertiary alicyclic amines) is 1. The van der Waals surface area contributed by atoms with Gasteiger partial charge in [-0.1, -0.05) is 12.1 Å². The van der Waals surface area contributed by atoms with Gasteiger partial charge in [0.25, 0.3) is 0 Å². The first-order valence-electron chi connectivity index (χ1n) is 8.92. The molecule has 1 aromatic carbocycles. The molecule has 1 saturated heterocycles. The molecule has 0 bridgehead atoms. The Bertz CT molecular complexity index is 728. The topological polar surface area (TPSA) is 66.3 Å². The van der Waals surface area contributed by atoms with E-state index in [1.54, 1.807) is 24.5 Å². The summed E-state index contributed by atoms with van der Waals surface area (Å²) in [7, 11) is 0. The Kier molecular flexibility index (Phi) is 5.43. The zero-order valence-corrected chi connectivity index (χ0v) is 14.9. The standard InChI is InChI=1S/C20H25N3O2/c1-14(2)23-11-3-4-15(13-23)12-18-19(22-10-9-21-18)16-5-7-17(8-6-16)20(24)25/h5-10,14-15H,3-4,11-13H2,1-2H3,(H,24,25)/t15-/m1/s1. The third kappa shape index (κ3) is 4.23. The highest BCUT2D eigenvalue weighted by Gasteiger charge is 2.23. The largest absolute Gasteiger partial charge is 0.478 e. The van der Waals surface area contributed by atoms with Gasteiger partial charge in [0.15, 0.2) is 0 Å². The molecule has 1 N–H and O–H groups in total. The molecule has 1 aromatic heterocycles. The van der Waals surface area contributed by atoms with Gasteiger partial charge in [-0.05, 0) is 57.7 Å². The summed E-state index contributed by atoms with van der Waals surface area (Å²) in [5.74, 6) is -0.327. The lowest BCUT2D eigenvalue weighted by Gasteiger charge is -2.35. The van der Waals surface area contributed by atoms with Crippen LogP contribution in [0.2, 0.25) is 0 Å². The van der Waals surface area contributed by atoms with Crippen molar-refractivity contribution in [1.29, 1.82) is 0 Å². The van der Waals surface area contributed by atoms with Gasteiger partial charge < -0.3 is 10.0 Å². The van der Waals surface area contributed by atoms with Crippen molar-refractivity contribution in [3.63, 3.8) is 0 Å². The number of benzene rings is 1. The molecule has 3 rings (SSSR count). The van der Waals surface area contributed by atoms with E-state index in [-0.39, 0.29) is 5.56 Å². The molecule has 0 radical (unpaired) electrons. The van der Waals surface area contributed by atoms with E-state index in [1.807, 2.05) is 12.1 Å². The quantitative estimate of drug-likeness (QED) is 0.903. The Balaban J connectivity index is 1.80. The minimum atomic E-state index is -0.915. The van der Waals surface area contributed by atoms with E-state index in [0.29, 0.717) is 12.0 Å². The molecule has 5 nitrogen and oxygen atoms in total. The summed E-state index contributed by atoms with van der Waals surface area (Å²) in [5, 5.41) is 9.05. The van der Waals surface area contributed by atoms with Crippen LogP contribution in [-0.4, -0.2) is 45.1 Å². The van der Waals surface area contributed by atoms with Crippen molar-refractivity contribution in [2.24, 2.45) is 5.92 Å². The SMILES string of the molecule is CC(C)N1CCC[C@H](Cc2nccnc2-c2ccc(C(=O)O)cc2)C1. The zero-order valence-electron chi connectivity index (χ0n) is 14.9. The molecule has 1 aliphatic heterocycles. The van der Waals surface area contributed by atoms with Crippen molar-refractivity contribution in [2.45, 2.75) is 39.2 Å². The number of nitrogens with zero attached hydrogens (tertiary/aromatic N) is 3. The third-order valence-electron chi connectivity index (χ3n) is 4.94. The number of rotatable bonds is 5. The van der Waals surface area contributed by atoms with Gasteiger partial charge in [-0.15, -0.1) is 0 Å². The number of piperidine rings is 1. The van der Waals surface area contributed by atoms with Crippen LogP contribution in [0, 0.1) is 5.92 Å². The van der Waals surface area contributed by atoms with Crippen LogP contribution >= 0.6 is 0 Å². The maximum Gasteiger partial charge on any atom is 0.335 e. The van der Waals surface area contributed by atoms with Crippen LogP contribution < -0.4 is 0 Å². The Morgan fingerprint density at radius 3 is 2.64 bits per heavy atom. The van der Waals surface area contributed by atoms with E-state index in [4.69, 9.17) is 5.11 Å². The minimum Gasteiger partial charge on any atom is -0.478 e. The van der Waals surface area contributed by atoms with E-state index in [0.717, 1.165) is 29.9 Å². The predicted octanol–water partition coefficient (Wildman–Crippen LogP) is 3.50. The first-order valence-corrected chi connectivity index (χ1v) is 8.92. The highest BCUT2D eigenvalue weighted by Crippen LogP contribution is 2.26.